The van der Waals surface area contributed by atoms with E-state index in [4.69, 9.17) is 9.68 Å². The topological polar surface area (TPSA) is 72.4 Å². The van der Waals surface area contributed by atoms with Crippen molar-refractivity contribution in [3.05, 3.63) is 54.0 Å². The van der Waals surface area contributed by atoms with Crippen molar-refractivity contribution in [1.29, 1.82) is 5.26 Å². The molecule has 22 heavy (non-hydrogen) atoms. The number of hydrogen-bond acceptors (Lipinski definition) is 5. The number of aliphatic hydroxyl groups excluding tert-OH is 1. The van der Waals surface area contributed by atoms with E-state index in [1.807, 2.05) is 43.4 Å². The Bertz CT molecular complexity index is 587. The van der Waals surface area contributed by atoms with E-state index in [1.165, 1.54) is 0 Å². The number of nitrogens with zero attached hydrogens (tertiary/aromatic N) is 2. The summed E-state index contributed by atoms with van der Waals surface area (Å²) in [6, 6.07) is 13.8. The quantitative estimate of drug-likeness (QED) is 0.783. The monoisotopic (exact) mass is 299 g/mol. The summed E-state index contributed by atoms with van der Waals surface area (Å²) in [5.41, 5.74) is 2.21. The van der Waals surface area contributed by atoms with Crippen LogP contribution in [0.15, 0.2) is 47.1 Å². The van der Waals surface area contributed by atoms with Crippen LogP contribution in [0.5, 0.6) is 0 Å². The Morgan fingerprint density at radius 2 is 2.09 bits per heavy atom. The first kappa shape index (κ1) is 16.1. The minimum atomic E-state index is -0.201. The minimum Gasteiger partial charge on any atom is -0.468 e. The van der Waals surface area contributed by atoms with Gasteiger partial charge in [-0.25, -0.2) is 0 Å². The third kappa shape index (κ3) is 4.35. The highest BCUT2D eigenvalue weighted by atomic mass is 16.3. The van der Waals surface area contributed by atoms with E-state index >= 15 is 0 Å². The Hall–Kier alpha value is -2.29. The fraction of sp³-hybridized carbons (Fsp3) is 0.353. The van der Waals surface area contributed by atoms with Crippen LogP contribution in [-0.2, 0) is 6.54 Å². The van der Waals surface area contributed by atoms with Crippen molar-refractivity contribution >= 4 is 5.69 Å². The Morgan fingerprint density at radius 3 is 2.68 bits per heavy atom. The van der Waals surface area contributed by atoms with Crippen molar-refractivity contribution in [1.82, 2.24) is 5.32 Å². The number of nitrogens with one attached hydrogen (secondary N) is 1. The van der Waals surface area contributed by atoms with Gasteiger partial charge in [-0.05, 0) is 29.8 Å². The Labute approximate surface area is 130 Å². The molecule has 116 valence electrons. The van der Waals surface area contributed by atoms with Crippen LogP contribution in [0.2, 0.25) is 0 Å². The number of benzene rings is 1. The van der Waals surface area contributed by atoms with Gasteiger partial charge < -0.3 is 19.7 Å². The van der Waals surface area contributed by atoms with E-state index in [0.29, 0.717) is 13.0 Å². The van der Waals surface area contributed by atoms with Gasteiger partial charge in [0.25, 0.3) is 0 Å². The zero-order valence-corrected chi connectivity index (χ0v) is 12.7. The first-order valence-electron chi connectivity index (χ1n) is 7.29. The van der Waals surface area contributed by atoms with Crippen LogP contribution >= 0.6 is 0 Å². The standard InChI is InChI=1S/C17H21N3O2/c1-20(10-3-9-18)15-7-5-14(6-8-15)12-19-16(13-21)17-4-2-11-22-17/h2,4-8,11,16,19,21H,3,10,12-13H2,1H3. The number of furan rings is 1. The smallest absolute Gasteiger partial charge is 0.123 e. The molecule has 0 aliphatic heterocycles. The summed E-state index contributed by atoms with van der Waals surface area (Å²) in [7, 11) is 1.98. The summed E-state index contributed by atoms with van der Waals surface area (Å²) in [4.78, 5) is 2.06. The van der Waals surface area contributed by atoms with Gasteiger partial charge in [-0.1, -0.05) is 12.1 Å². The summed E-state index contributed by atoms with van der Waals surface area (Å²) in [5, 5.41) is 21.3. The Morgan fingerprint density at radius 1 is 1.32 bits per heavy atom. The van der Waals surface area contributed by atoms with Gasteiger partial charge in [0.1, 0.15) is 5.76 Å². The fourth-order valence-electron chi connectivity index (χ4n) is 2.20. The minimum absolute atomic E-state index is 0.0114. The molecule has 1 heterocycles. The van der Waals surface area contributed by atoms with Gasteiger partial charge in [0.2, 0.25) is 0 Å². The lowest BCUT2D eigenvalue weighted by molar-refractivity contribution is 0.225. The third-order valence-corrected chi connectivity index (χ3v) is 3.56. The average molecular weight is 299 g/mol. The van der Waals surface area contributed by atoms with Crippen LogP contribution in [0.1, 0.15) is 23.8 Å². The lowest BCUT2D eigenvalue weighted by Crippen LogP contribution is -2.23. The van der Waals surface area contributed by atoms with Gasteiger partial charge in [-0.15, -0.1) is 0 Å². The van der Waals surface area contributed by atoms with Crippen LogP contribution in [0.4, 0.5) is 5.69 Å². The molecule has 5 heteroatoms. The molecule has 5 nitrogen and oxygen atoms in total. The van der Waals surface area contributed by atoms with Crippen molar-refractivity contribution in [2.45, 2.75) is 19.0 Å². The first-order valence-corrected chi connectivity index (χ1v) is 7.29. The molecule has 0 bridgehead atoms. The molecule has 1 aromatic carbocycles. The second kappa shape index (κ2) is 8.23. The van der Waals surface area contributed by atoms with Crippen molar-refractivity contribution in [2.75, 3.05) is 25.1 Å². The lowest BCUT2D eigenvalue weighted by atomic mass is 10.1. The summed E-state index contributed by atoms with van der Waals surface area (Å²) >= 11 is 0. The van der Waals surface area contributed by atoms with Gasteiger partial charge in [0, 0.05) is 25.8 Å². The second-order valence-electron chi connectivity index (χ2n) is 5.13. The maximum Gasteiger partial charge on any atom is 0.123 e. The predicted molar refractivity (Wildman–Crippen MR) is 85.3 cm³/mol. The van der Waals surface area contributed by atoms with Crippen LogP contribution in [0.25, 0.3) is 0 Å². The number of rotatable bonds is 8. The van der Waals surface area contributed by atoms with Gasteiger partial charge >= 0.3 is 0 Å². The first-order chi connectivity index (χ1) is 10.7. The Balaban J connectivity index is 1.90. The highest BCUT2D eigenvalue weighted by Gasteiger charge is 2.12. The summed E-state index contributed by atoms with van der Waals surface area (Å²) in [6.45, 7) is 1.36. The predicted octanol–water partition coefficient (Wildman–Crippen LogP) is 2.45. The molecule has 0 aliphatic carbocycles. The molecule has 0 aliphatic rings. The Kier molecular flexibility index (Phi) is 6.01. The maximum atomic E-state index is 9.42. The van der Waals surface area contributed by atoms with Crippen molar-refractivity contribution < 1.29 is 9.52 Å². The molecule has 2 N–H and O–H groups in total. The molecule has 1 unspecified atom stereocenters. The van der Waals surface area contributed by atoms with Crippen LogP contribution in [-0.4, -0.2) is 25.3 Å². The molecule has 0 saturated carbocycles. The summed E-state index contributed by atoms with van der Waals surface area (Å²) in [6.07, 6.45) is 2.12. The summed E-state index contributed by atoms with van der Waals surface area (Å²) in [5.74, 6) is 0.732. The zero-order valence-electron chi connectivity index (χ0n) is 12.7. The molecule has 0 radical (unpaired) electrons. The van der Waals surface area contributed by atoms with Crippen molar-refractivity contribution in [2.24, 2.45) is 0 Å². The average Bonchev–Trinajstić information content (AvgIpc) is 3.08. The normalized spacial score (nSPS) is 11.9. The number of aliphatic hydroxyl groups is 1. The van der Waals surface area contributed by atoms with Gasteiger partial charge in [-0.2, -0.15) is 5.26 Å². The molecule has 1 aromatic heterocycles. The fourth-order valence-corrected chi connectivity index (χ4v) is 2.20. The van der Waals surface area contributed by atoms with Crippen LogP contribution in [0.3, 0.4) is 0 Å². The molecular formula is C17H21N3O2. The van der Waals surface area contributed by atoms with Gasteiger partial charge in [0.15, 0.2) is 0 Å². The number of nitriles is 1. The van der Waals surface area contributed by atoms with E-state index in [9.17, 15) is 5.11 Å². The van der Waals surface area contributed by atoms with Gasteiger partial charge in [0.05, 0.1) is 31.4 Å². The highest BCUT2D eigenvalue weighted by Crippen LogP contribution is 2.16. The van der Waals surface area contributed by atoms with E-state index in [-0.39, 0.29) is 12.6 Å². The SMILES string of the molecule is CN(CCC#N)c1ccc(CNC(CO)c2ccco2)cc1. The molecule has 0 saturated heterocycles. The third-order valence-electron chi connectivity index (χ3n) is 3.56. The van der Waals surface area contributed by atoms with E-state index < -0.39 is 0 Å². The lowest BCUT2D eigenvalue weighted by Gasteiger charge is -2.18. The molecular weight excluding hydrogens is 278 g/mol. The zero-order chi connectivity index (χ0) is 15.8. The number of anilines is 1. The largest absolute Gasteiger partial charge is 0.468 e. The van der Waals surface area contributed by atoms with Crippen molar-refractivity contribution in [3.63, 3.8) is 0 Å². The van der Waals surface area contributed by atoms with Gasteiger partial charge in [-0.3, -0.25) is 0 Å². The molecule has 2 rings (SSSR count). The molecule has 2 aromatic rings. The van der Waals surface area contributed by atoms with E-state index in [1.54, 1.807) is 6.26 Å². The summed E-state index contributed by atoms with van der Waals surface area (Å²) < 4.78 is 5.31. The van der Waals surface area contributed by atoms with E-state index in [2.05, 4.69) is 16.3 Å². The van der Waals surface area contributed by atoms with Crippen LogP contribution in [0, 0.1) is 11.3 Å². The second-order valence-corrected chi connectivity index (χ2v) is 5.13. The number of hydrogen-bond donors (Lipinski definition) is 2. The highest BCUT2D eigenvalue weighted by molar-refractivity contribution is 5.46. The molecule has 0 fully saturated rings. The molecule has 0 spiro atoms. The molecule has 0 amide bonds. The molecule has 1 atom stereocenters. The van der Waals surface area contributed by atoms with Crippen molar-refractivity contribution in [3.8, 4) is 6.07 Å². The maximum absolute atomic E-state index is 9.42. The van der Waals surface area contributed by atoms with E-state index in [0.717, 1.165) is 23.6 Å². The van der Waals surface area contributed by atoms with Crippen LogP contribution < -0.4 is 10.2 Å².